The van der Waals surface area contributed by atoms with Gasteiger partial charge in [0.25, 0.3) is 0 Å². The average Bonchev–Trinajstić information content (AvgIpc) is 2.90. The molecule has 1 fully saturated rings. The Kier molecular flexibility index (Phi) is 3.69. The van der Waals surface area contributed by atoms with Crippen LogP contribution in [-0.2, 0) is 17.6 Å². The molecule has 1 amide bonds. The Hall–Kier alpha value is -1.88. The number of benzene rings is 1. The highest BCUT2D eigenvalue weighted by Gasteiger charge is 2.16. The molecule has 5 nitrogen and oxygen atoms in total. The first-order valence-corrected chi connectivity index (χ1v) is 7.22. The van der Waals surface area contributed by atoms with Crippen molar-refractivity contribution < 1.29 is 4.79 Å². The molecule has 3 rings (SSSR count). The van der Waals surface area contributed by atoms with Gasteiger partial charge in [-0.2, -0.15) is 0 Å². The zero-order valence-electron chi connectivity index (χ0n) is 11.8. The second-order valence-electron chi connectivity index (χ2n) is 5.20. The van der Waals surface area contributed by atoms with Gasteiger partial charge < -0.3 is 15.2 Å². The fourth-order valence-electron chi connectivity index (χ4n) is 2.59. The molecule has 1 saturated heterocycles. The van der Waals surface area contributed by atoms with Gasteiger partial charge in [0.15, 0.2) is 0 Å². The van der Waals surface area contributed by atoms with Crippen molar-refractivity contribution in [2.75, 3.05) is 26.2 Å². The Morgan fingerprint density at radius 1 is 1.35 bits per heavy atom. The van der Waals surface area contributed by atoms with Gasteiger partial charge in [0.2, 0.25) is 5.91 Å². The highest BCUT2D eigenvalue weighted by atomic mass is 16.2. The molecule has 5 heteroatoms. The number of nitrogens with one attached hydrogen (secondary N) is 2. The van der Waals surface area contributed by atoms with E-state index in [4.69, 9.17) is 0 Å². The molecule has 2 N–H and O–H groups in total. The van der Waals surface area contributed by atoms with Crippen LogP contribution in [0.15, 0.2) is 18.2 Å². The first kappa shape index (κ1) is 13.1. The van der Waals surface area contributed by atoms with Crippen LogP contribution in [-0.4, -0.2) is 47.0 Å². The Balaban J connectivity index is 1.74. The predicted octanol–water partition coefficient (Wildman–Crippen LogP) is 1.10. The molecule has 0 bridgehead atoms. The predicted molar refractivity (Wildman–Crippen MR) is 78.6 cm³/mol. The second kappa shape index (κ2) is 5.63. The minimum absolute atomic E-state index is 0.209. The van der Waals surface area contributed by atoms with E-state index in [1.165, 1.54) is 0 Å². The first-order chi connectivity index (χ1) is 9.76. The number of fused-ring (bicyclic) bond motifs is 1. The number of imidazole rings is 1. The molecule has 0 radical (unpaired) electrons. The maximum atomic E-state index is 12.2. The molecule has 0 spiro atoms. The van der Waals surface area contributed by atoms with E-state index in [0.29, 0.717) is 6.42 Å². The molecular formula is C15H20N4O. The largest absolute Gasteiger partial charge is 0.342 e. The lowest BCUT2D eigenvalue weighted by molar-refractivity contribution is -0.131. The molecule has 1 aliphatic heterocycles. The van der Waals surface area contributed by atoms with Gasteiger partial charge in [0.05, 0.1) is 17.5 Å². The SMILES string of the molecule is CCc1nc2ccc(CC(=O)N3CCNCC3)cc2[nH]1. The third-order valence-electron chi connectivity index (χ3n) is 3.76. The van der Waals surface area contributed by atoms with Gasteiger partial charge >= 0.3 is 0 Å². The molecule has 0 saturated carbocycles. The first-order valence-electron chi connectivity index (χ1n) is 7.22. The van der Waals surface area contributed by atoms with Gasteiger partial charge in [-0.15, -0.1) is 0 Å². The Bertz CT molecular complexity index is 613. The summed E-state index contributed by atoms with van der Waals surface area (Å²) < 4.78 is 0. The maximum Gasteiger partial charge on any atom is 0.227 e. The minimum Gasteiger partial charge on any atom is -0.342 e. The van der Waals surface area contributed by atoms with Gasteiger partial charge in [-0.3, -0.25) is 4.79 Å². The number of nitrogens with zero attached hydrogens (tertiary/aromatic N) is 2. The molecule has 0 atom stereocenters. The van der Waals surface area contributed by atoms with Crippen molar-refractivity contribution in [2.24, 2.45) is 0 Å². The molecule has 1 aromatic heterocycles. The normalized spacial score (nSPS) is 15.8. The Morgan fingerprint density at radius 2 is 2.15 bits per heavy atom. The molecular weight excluding hydrogens is 252 g/mol. The molecule has 2 aromatic rings. The number of aromatic nitrogens is 2. The fourth-order valence-corrected chi connectivity index (χ4v) is 2.59. The second-order valence-corrected chi connectivity index (χ2v) is 5.20. The van der Waals surface area contributed by atoms with Crippen LogP contribution in [0, 0.1) is 0 Å². The van der Waals surface area contributed by atoms with Crippen LogP contribution in [0.2, 0.25) is 0 Å². The van der Waals surface area contributed by atoms with Gasteiger partial charge in [-0.25, -0.2) is 4.98 Å². The van der Waals surface area contributed by atoms with Gasteiger partial charge in [0, 0.05) is 32.6 Å². The van der Waals surface area contributed by atoms with Crippen molar-refractivity contribution in [3.8, 4) is 0 Å². The van der Waals surface area contributed by atoms with E-state index in [1.54, 1.807) is 0 Å². The van der Waals surface area contributed by atoms with E-state index in [9.17, 15) is 4.79 Å². The smallest absolute Gasteiger partial charge is 0.227 e. The summed E-state index contributed by atoms with van der Waals surface area (Å²) >= 11 is 0. The number of hydrogen-bond donors (Lipinski definition) is 2. The van der Waals surface area contributed by atoms with E-state index < -0.39 is 0 Å². The van der Waals surface area contributed by atoms with Crippen molar-refractivity contribution >= 4 is 16.9 Å². The summed E-state index contributed by atoms with van der Waals surface area (Å²) in [5.41, 5.74) is 3.04. The number of hydrogen-bond acceptors (Lipinski definition) is 3. The summed E-state index contributed by atoms with van der Waals surface area (Å²) in [6, 6.07) is 6.04. The molecule has 2 heterocycles. The lowest BCUT2D eigenvalue weighted by Gasteiger charge is -2.27. The number of aryl methyl sites for hydroxylation is 1. The highest BCUT2D eigenvalue weighted by Crippen LogP contribution is 2.15. The van der Waals surface area contributed by atoms with E-state index in [1.807, 2.05) is 23.1 Å². The lowest BCUT2D eigenvalue weighted by atomic mass is 10.1. The summed E-state index contributed by atoms with van der Waals surface area (Å²) in [5.74, 6) is 1.20. The van der Waals surface area contributed by atoms with Crippen LogP contribution in [0.3, 0.4) is 0 Å². The molecule has 1 aromatic carbocycles. The fraction of sp³-hybridized carbons (Fsp3) is 0.467. The number of aromatic amines is 1. The summed E-state index contributed by atoms with van der Waals surface area (Å²) in [5, 5.41) is 3.26. The average molecular weight is 272 g/mol. The summed E-state index contributed by atoms with van der Waals surface area (Å²) in [4.78, 5) is 21.9. The monoisotopic (exact) mass is 272 g/mol. The number of amides is 1. The topological polar surface area (TPSA) is 61.0 Å². The molecule has 106 valence electrons. The third kappa shape index (κ3) is 2.67. The van der Waals surface area contributed by atoms with Crippen molar-refractivity contribution in [1.29, 1.82) is 0 Å². The minimum atomic E-state index is 0.209. The van der Waals surface area contributed by atoms with Crippen molar-refractivity contribution in [2.45, 2.75) is 19.8 Å². The van der Waals surface area contributed by atoms with Crippen LogP contribution >= 0.6 is 0 Å². The molecule has 0 aliphatic carbocycles. The molecule has 20 heavy (non-hydrogen) atoms. The summed E-state index contributed by atoms with van der Waals surface area (Å²) in [7, 11) is 0. The van der Waals surface area contributed by atoms with Gasteiger partial charge in [-0.05, 0) is 17.7 Å². The van der Waals surface area contributed by atoms with E-state index in [2.05, 4.69) is 22.2 Å². The molecule has 1 aliphatic rings. The Morgan fingerprint density at radius 3 is 2.90 bits per heavy atom. The third-order valence-corrected chi connectivity index (χ3v) is 3.76. The highest BCUT2D eigenvalue weighted by molar-refractivity contribution is 5.82. The summed E-state index contributed by atoms with van der Waals surface area (Å²) in [6.07, 6.45) is 1.36. The number of H-pyrrole nitrogens is 1. The standard InChI is InChI=1S/C15H20N4O/c1-2-14-17-12-4-3-11(9-13(12)18-14)10-15(20)19-7-5-16-6-8-19/h3-4,9,16H,2,5-8,10H2,1H3,(H,17,18). The maximum absolute atomic E-state index is 12.2. The zero-order valence-corrected chi connectivity index (χ0v) is 11.8. The summed E-state index contributed by atoms with van der Waals surface area (Å²) in [6.45, 7) is 5.49. The number of rotatable bonds is 3. The number of piperazine rings is 1. The number of carbonyl (C=O) groups is 1. The van der Waals surface area contributed by atoms with Crippen LogP contribution in [0.4, 0.5) is 0 Å². The van der Waals surface area contributed by atoms with Crippen LogP contribution in [0.25, 0.3) is 11.0 Å². The van der Waals surface area contributed by atoms with Gasteiger partial charge in [0.1, 0.15) is 5.82 Å². The van der Waals surface area contributed by atoms with Crippen LogP contribution < -0.4 is 5.32 Å². The van der Waals surface area contributed by atoms with Crippen molar-refractivity contribution in [3.05, 3.63) is 29.6 Å². The van der Waals surface area contributed by atoms with E-state index in [-0.39, 0.29) is 5.91 Å². The van der Waals surface area contributed by atoms with E-state index >= 15 is 0 Å². The Labute approximate surface area is 118 Å². The van der Waals surface area contributed by atoms with Crippen LogP contribution in [0.1, 0.15) is 18.3 Å². The molecule has 0 unspecified atom stereocenters. The van der Waals surface area contributed by atoms with E-state index in [0.717, 1.165) is 55.0 Å². The van der Waals surface area contributed by atoms with Crippen molar-refractivity contribution in [3.63, 3.8) is 0 Å². The quantitative estimate of drug-likeness (QED) is 0.879. The zero-order chi connectivity index (χ0) is 13.9. The van der Waals surface area contributed by atoms with Crippen molar-refractivity contribution in [1.82, 2.24) is 20.2 Å². The van der Waals surface area contributed by atoms with Crippen LogP contribution in [0.5, 0.6) is 0 Å². The lowest BCUT2D eigenvalue weighted by Crippen LogP contribution is -2.46. The number of carbonyl (C=O) groups excluding carboxylic acids is 1. The van der Waals surface area contributed by atoms with Gasteiger partial charge in [-0.1, -0.05) is 13.0 Å².